The van der Waals surface area contributed by atoms with Crippen molar-refractivity contribution in [1.82, 2.24) is 9.97 Å². The normalized spacial score (nSPS) is 11.2. The third kappa shape index (κ3) is 3.47. The van der Waals surface area contributed by atoms with E-state index in [4.69, 9.17) is 23.2 Å². The van der Waals surface area contributed by atoms with Crippen LogP contribution in [0.25, 0.3) is 0 Å². The maximum absolute atomic E-state index is 13.4. The number of rotatable bonds is 5. The Morgan fingerprint density at radius 3 is 2.58 bits per heavy atom. The number of hydrogen-bond donors (Lipinski definition) is 1. The van der Waals surface area contributed by atoms with Gasteiger partial charge in [0.25, 0.3) is 15.9 Å². The second-order valence-corrected chi connectivity index (χ2v) is 6.55. The van der Waals surface area contributed by atoms with Crippen LogP contribution in [0.4, 0.5) is 16.0 Å². The first-order chi connectivity index (χ1) is 11.2. The fourth-order valence-electron chi connectivity index (χ4n) is 1.59. The van der Waals surface area contributed by atoms with Gasteiger partial charge in [0.2, 0.25) is 0 Å². The molecule has 24 heavy (non-hydrogen) atoms. The van der Waals surface area contributed by atoms with Crippen molar-refractivity contribution in [3.05, 3.63) is 44.3 Å². The van der Waals surface area contributed by atoms with Crippen LogP contribution in [0, 0.1) is 16.1 Å². The van der Waals surface area contributed by atoms with E-state index in [1.165, 1.54) is 12.1 Å². The molecule has 0 aliphatic rings. The molecule has 2 aromatic rings. The number of anilines is 1. The second kappa shape index (κ2) is 6.71. The van der Waals surface area contributed by atoms with Gasteiger partial charge in [-0.15, -0.1) is 0 Å². The Bertz CT molecular complexity index is 925. The quantitative estimate of drug-likeness (QED) is 0.607. The third-order valence-electron chi connectivity index (χ3n) is 2.61. The van der Waals surface area contributed by atoms with Gasteiger partial charge < -0.3 is 14.9 Å². The van der Waals surface area contributed by atoms with E-state index in [0.29, 0.717) is 0 Å². The van der Waals surface area contributed by atoms with Crippen LogP contribution in [0.5, 0.6) is 5.88 Å². The first-order valence-corrected chi connectivity index (χ1v) is 8.14. The number of nitro groups is 1. The number of nitrogens with one attached hydrogen (secondary N) is 1. The number of ether oxygens (including phenoxy) is 1. The van der Waals surface area contributed by atoms with Gasteiger partial charge in [-0.25, -0.2) is 13.1 Å². The molecular weight excluding hydrogens is 390 g/mol. The summed E-state index contributed by atoms with van der Waals surface area (Å²) in [7, 11) is -3.29. The molecule has 128 valence electrons. The molecule has 0 atom stereocenters. The minimum Gasteiger partial charge on any atom is -0.477 e. The lowest BCUT2D eigenvalue weighted by Gasteiger charge is -2.09. The summed E-state index contributed by atoms with van der Waals surface area (Å²) >= 11 is 11.6. The van der Waals surface area contributed by atoms with Gasteiger partial charge in [-0.1, -0.05) is 29.3 Å². The zero-order chi connectivity index (χ0) is 18.1. The summed E-state index contributed by atoms with van der Waals surface area (Å²) in [6.45, 7) is 0. The highest BCUT2D eigenvalue weighted by molar-refractivity contribution is 7.92. The smallest absolute Gasteiger partial charge is 0.422 e. The van der Waals surface area contributed by atoms with E-state index in [-0.39, 0.29) is 10.0 Å². The van der Waals surface area contributed by atoms with Crippen molar-refractivity contribution in [2.45, 2.75) is 4.90 Å². The van der Waals surface area contributed by atoms with E-state index in [1.54, 1.807) is 0 Å². The Hall–Kier alpha value is -2.24. The lowest BCUT2D eigenvalue weighted by molar-refractivity contribution is -0.392. The molecule has 0 aliphatic carbocycles. The fourth-order valence-corrected chi connectivity index (χ4v) is 3.35. The van der Waals surface area contributed by atoms with Crippen molar-refractivity contribution in [2.75, 3.05) is 11.8 Å². The number of aromatic nitrogens is 2. The van der Waals surface area contributed by atoms with Crippen LogP contribution in [0.1, 0.15) is 0 Å². The molecule has 0 fully saturated rings. The van der Waals surface area contributed by atoms with Crippen molar-refractivity contribution in [3.63, 3.8) is 0 Å². The van der Waals surface area contributed by atoms with E-state index < -0.39 is 43.3 Å². The Morgan fingerprint density at radius 2 is 2.00 bits per heavy atom. The molecule has 9 nitrogen and oxygen atoms in total. The van der Waals surface area contributed by atoms with Crippen LogP contribution in [0.2, 0.25) is 10.0 Å². The molecule has 0 spiro atoms. The first-order valence-electron chi connectivity index (χ1n) is 5.90. The van der Waals surface area contributed by atoms with Gasteiger partial charge in [-0.2, -0.15) is 9.37 Å². The monoisotopic (exact) mass is 396 g/mol. The number of hydrogen-bond acceptors (Lipinski definition) is 7. The van der Waals surface area contributed by atoms with E-state index in [1.807, 2.05) is 4.72 Å². The van der Waals surface area contributed by atoms with Gasteiger partial charge in [-0.3, -0.25) is 0 Å². The number of sulfonamides is 1. The summed E-state index contributed by atoms with van der Waals surface area (Å²) in [4.78, 5) is 15.6. The second-order valence-electron chi connectivity index (χ2n) is 4.11. The van der Waals surface area contributed by atoms with Crippen molar-refractivity contribution in [1.29, 1.82) is 0 Å². The van der Waals surface area contributed by atoms with Crippen molar-refractivity contribution < 1.29 is 22.5 Å². The number of methoxy groups -OCH3 is 1. The Kier molecular flexibility index (Phi) is 5.06. The summed E-state index contributed by atoms with van der Waals surface area (Å²) in [5, 5.41) is 10.4. The minimum atomic E-state index is -4.35. The predicted molar refractivity (Wildman–Crippen MR) is 82.5 cm³/mol. The Labute approximate surface area is 144 Å². The summed E-state index contributed by atoms with van der Waals surface area (Å²) < 4.78 is 44.7. The van der Waals surface area contributed by atoms with E-state index >= 15 is 0 Å². The molecule has 13 heteroatoms. The molecule has 1 aromatic carbocycles. The number of nitrogens with zero attached hydrogens (tertiary/aromatic N) is 3. The first kappa shape index (κ1) is 18.1. The molecular formula is C11H7Cl2FN4O5S. The van der Waals surface area contributed by atoms with Gasteiger partial charge in [0.05, 0.1) is 17.2 Å². The average molecular weight is 397 g/mol. The summed E-state index contributed by atoms with van der Waals surface area (Å²) in [5.41, 5.74) is 0. The largest absolute Gasteiger partial charge is 0.477 e. The maximum atomic E-state index is 13.4. The summed E-state index contributed by atoms with van der Waals surface area (Å²) in [6, 6.07) is 3.85. The van der Waals surface area contributed by atoms with Gasteiger partial charge in [0.1, 0.15) is 4.90 Å². The van der Waals surface area contributed by atoms with Gasteiger partial charge >= 0.3 is 17.6 Å². The highest BCUT2D eigenvalue weighted by Gasteiger charge is 2.29. The van der Waals surface area contributed by atoms with Crippen LogP contribution >= 0.6 is 23.2 Å². The molecule has 0 radical (unpaired) electrons. The van der Waals surface area contributed by atoms with E-state index in [0.717, 1.165) is 13.2 Å². The van der Waals surface area contributed by atoms with Gasteiger partial charge in [0, 0.05) is 0 Å². The maximum Gasteiger partial charge on any atom is 0.422 e. The van der Waals surface area contributed by atoms with Crippen LogP contribution in [-0.2, 0) is 10.0 Å². The predicted octanol–water partition coefficient (Wildman–Crippen LogP) is 2.64. The van der Waals surface area contributed by atoms with E-state index in [2.05, 4.69) is 14.7 Å². The highest BCUT2D eigenvalue weighted by atomic mass is 35.5. The van der Waals surface area contributed by atoms with Gasteiger partial charge in [-0.05, 0) is 22.0 Å². The summed E-state index contributed by atoms with van der Waals surface area (Å²) in [6.07, 6.45) is 0. The van der Waals surface area contributed by atoms with Crippen LogP contribution < -0.4 is 9.46 Å². The molecule has 1 N–H and O–H groups in total. The zero-order valence-corrected chi connectivity index (χ0v) is 14.0. The lowest BCUT2D eigenvalue weighted by Crippen LogP contribution is -2.17. The van der Waals surface area contributed by atoms with Crippen molar-refractivity contribution >= 4 is 44.9 Å². The Morgan fingerprint density at radius 1 is 1.33 bits per heavy atom. The Balaban J connectivity index is 2.55. The highest BCUT2D eigenvalue weighted by Crippen LogP contribution is 2.32. The third-order valence-corrected chi connectivity index (χ3v) is 4.92. The van der Waals surface area contributed by atoms with Crippen LogP contribution in [0.3, 0.4) is 0 Å². The fraction of sp³-hybridized carbons (Fsp3) is 0.0909. The van der Waals surface area contributed by atoms with Gasteiger partial charge in [0.15, 0.2) is 0 Å². The van der Waals surface area contributed by atoms with Crippen molar-refractivity contribution in [2.24, 2.45) is 0 Å². The molecule has 0 aliphatic heterocycles. The molecule has 0 unspecified atom stereocenters. The van der Waals surface area contributed by atoms with Crippen molar-refractivity contribution in [3.8, 4) is 5.88 Å². The van der Waals surface area contributed by atoms with Crippen LogP contribution in [-0.4, -0.2) is 30.4 Å². The topological polar surface area (TPSA) is 124 Å². The number of benzene rings is 1. The molecule has 0 saturated heterocycles. The molecule has 0 saturated carbocycles. The molecule has 1 heterocycles. The van der Waals surface area contributed by atoms with Crippen LogP contribution in [0.15, 0.2) is 23.1 Å². The molecule has 1 aromatic heterocycles. The molecule has 2 rings (SSSR count). The zero-order valence-electron chi connectivity index (χ0n) is 11.7. The number of halogens is 3. The lowest BCUT2D eigenvalue weighted by atomic mass is 10.4. The standard InChI is InChI=1S/C11H7Cl2FN4O5S/c1-23-11-9(16-10(18(19)20)8(14)15-11)17-24(21,22)6-4-2-3-5(12)7(6)13/h2-4H,1H3,(H,16,17). The molecule has 0 amide bonds. The SMILES string of the molecule is COc1nc(F)c([N+](=O)[O-])nc1NS(=O)(=O)c1cccc(Cl)c1Cl. The summed E-state index contributed by atoms with van der Waals surface area (Å²) in [5.74, 6) is -4.08. The molecule has 0 bridgehead atoms. The average Bonchev–Trinajstić information content (AvgIpc) is 2.50. The van der Waals surface area contributed by atoms with E-state index in [9.17, 15) is 22.9 Å². The minimum absolute atomic E-state index is 0.0253.